The van der Waals surface area contributed by atoms with Crippen molar-refractivity contribution in [1.29, 1.82) is 0 Å². The van der Waals surface area contributed by atoms with Gasteiger partial charge in [-0.2, -0.15) is 0 Å². The summed E-state index contributed by atoms with van der Waals surface area (Å²) < 4.78 is 15.0. The number of thiocarbonyl (C=S) groups is 1. The maximum Gasteiger partial charge on any atom is 0.339 e. The average molecular weight is 271 g/mol. The molecule has 0 N–H and O–H groups in total. The molecule has 0 saturated carbocycles. The molecular formula is C11H13NO5S. The van der Waals surface area contributed by atoms with E-state index in [1.807, 2.05) is 0 Å². The molecule has 0 aromatic carbocycles. The summed E-state index contributed by atoms with van der Waals surface area (Å²) in [7, 11) is 1.42. The number of β-lactam (4-membered cyclic amide) rings is 1. The zero-order valence-electron chi connectivity index (χ0n) is 9.83. The van der Waals surface area contributed by atoms with E-state index in [4.69, 9.17) is 21.7 Å². The number of hydrogen-bond acceptors (Lipinski definition) is 6. The van der Waals surface area contributed by atoms with Crippen LogP contribution in [0.1, 0.15) is 12.8 Å². The van der Waals surface area contributed by atoms with Crippen molar-refractivity contribution in [2.45, 2.75) is 25.1 Å². The van der Waals surface area contributed by atoms with Crippen LogP contribution in [0.2, 0.25) is 0 Å². The number of hydrogen-bond donors (Lipinski definition) is 0. The SMILES string of the molecule is COCOC(=O)C1C(=CCC=S)OC2CC(=O)N21. The van der Waals surface area contributed by atoms with Gasteiger partial charge in [-0.1, -0.05) is 12.2 Å². The maximum atomic E-state index is 11.9. The molecule has 2 heterocycles. The van der Waals surface area contributed by atoms with E-state index in [9.17, 15) is 9.59 Å². The van der Waals surface area contributed by atoms with Crippen LogP contribution in [0.4, 0.5) is 0 Å². The van der Waals surface area contributed by atoms with Crippen molar-refractivity contribution in [2.75, 3.05) is 13.9 Å². The lowest BCUT2D eigenvalue weighted by molar-refractivity contribution is -0.170. The fourth-order valence-corrected chi connectivity index (χ4v) is 2.01. The normalized spacial score (nSPS) is 27.5. The zero-order valence-corrected chi connectivity index (χ0v) is 10.6. The van der Waals surface area contributed by atoms with Gasteiger partial charge in [0.25, 0.3) is 0 Å². The van der Waals surface area contributed by atoms with E-state index in [1.54, 1.807) is 6.08 Å². The summed E-state index contributed by atoms with van der Waals surface area (Å²) in [5.74, 6) is -0.249. The molecule has 18 heavy (non-hydrogen) atoms. The molecule has 0 aliphatic carbocycles. The fraction of sp³-hybridized carbons (Fsp3) is 0.545. The van der Waals surface area contributed by atoms with Crippen LogP contribution in [0, 0.1) is 0 Å². The van der Waals surface area contributed by atoms with Crippen molar-refractivity contribution in [1.82, 2.24) is 4.90 Å². The number of rotatable bonds is 5. The van der Waals surface area contributed by atoms with E-state index >= 15 is 0 Å². The highest BCUT2D eigenvalue weighted by molar-refractivity contribution is 7.78. The molecule has 0 radical (unpaired) electrons. The van der Waals surface area contributed by atoms with Crippen molar-refractivity contribution in [3.05, 3.63) is 11.8 Å². The summed E-state index contributed by atoms with van der Waals surface area (Å²) in [5, 5.41) is 1.52. The Balaban J connectivity index is 2.12. The molecule has 0 aromatic heterocycles. The molecule has 1 amide bonds. The first-order chi connectivity index (χ1) is 8.69. The maximum absolute atomic E-state index is 11.9. The molecule has 2 unspecified atom stereocenters. The van der Waals surface area contributed by atoms with Gasteiger partial charge in [-0.3, -0.25) is 9.69 Å². The Kier molecular flexibility index (Phi) is 3.93. The number of carbonyl (C=O) groups is 2. The first-order valence-corrected chi connectivity index (χ1v) is 5.93. The van der Waals surface area contributed by atoms with Crippen molar-refractivity contribution in [2.24, 2.45) is 0 Å². The zero-order chi connectivity index (χ0) is 13.1. The number of nitrogens with zero attached hydrogens (tertiary/aromatic N) is 1. The molecule has 0 spiro atoms. The van der Waals surface area contributed by atoms with Crippen LogP contribution in [-0.2, 0) is 23.8 Å². The molecular weight excluding hydrogens is 258 g/mol. The van der Waals surface area contributed by atoms with E-state index in [0.717, 1.165) is 0 Å². The quantitative estimate of drug-likeness (QED) is 0.311. The van der Waals surface area contributed by atoms with E-state index in [-0.39, 0.29) is 18.9 Å². The number of esters is 1. The van der Waals surface area contributed by atoms with Crippen molar-refractivity contribution in [3.8, 4) is 0 Å². The van der Waals surface area contributed by atoms with E-state index in [1.165, 1.54) is 17.4 Å². The van der Waals surface area contributed by atoms with Crippen molar-refractivity contribution < 1.29 is 23.8 Å². The van der Waals surface area contributed by atoms with Gasteiger partial charge in [0.05, 0.1) is 6.42 Å². The van der Waals surface area contributed by atoms with Crippen LogP contribution in [0.3, 0.4) is 0 Å². The topological polar surface area (TPSA) is 65.1 Å². The Labute approximate surface area is 109 Å². The minimum Gasteiger partial charge on any atom is -0.472 e. The fourth-order valence-electron chi connectivity index (χ4n) is 1.92. The Hall–Kier alpha value is -1.47. The predicted molar refractivity (Wildman–Crippen MR) is 64.4 cm³/mol. The van der Waals surface area contributed by atoms with E-state index < -0.39 is 12.0 Å². The van der Waals surface area contributed by atoms with Crippen LogP contribution in [0.15, 0.2) is 11.8 Å². The molecule has 2 fully saturated rings. The largest absolute Gasteiger partial charge is 0.472 e. The lowest BCUT2D eigenvalue weighted by Gasteiger charge is -2.33. The molecule has 2 aliphatic heterocycles. The van der Waals surface area contributed by atoms with Gasteiger partial charge in [-0.05, 0) is 17.9 Å². The van der Waals surface area contributed by atoms with Gasteiger partial charge in [-0.15, -0.1) is 0 Å². The molecule has 2 aliphatic rings. The standard InChI is InChI=1S/C11H13NO5S/c1-15-6-16-11(14)10-7(3-2-4-18)17-9-5-8(13)12(9)10/h3-4,9-10H,2,5-6H2,1H3. The molecule has 2 rings (SSSR count). The Morgan fingerprint density at radius 2 is 2.44 bits per heavy atom. The minimum atomic E-state index is -0.804. The molecule has 0 aromatic rings. The van der Waals surface area contributed by atoms with Gasteiger partial charge in [0.2, 0.25) is 5.91 Å². The summed E-state index contributed by atoms with van der Waals surface area (Å²) in [6.45, 7) is -0.150. The van der Waals surface area contributed by atoms with Crippen LogP contribution in [-0.4, -0.2) is 48.3 Å². The van der Waals surface area contributed by atoms with Crippen molar-refractivity contribution >= 4 is 29.5 Å². The Morgan fingerprint density at radius 3 is 3.06 bits per heavy atom. The first-order valence-electron chi connectivity index (χ1n) is 5.46. The third-order valence-electron chi connectivity index (χ3n) is 2.72. The lowest BCUT2D eigenvalue weighted by Crippen LogP contribution is -2.55. The molecule has 0 bridgehead atoms. The van der Waals surface area contributed by atoms with Crippen LogP contribution in [0.25, 0.3) is 0 Å². The number of allylic oxidation sites excluding steroid dienone is 1. The van der Waals surface area contributed by atoms with Crippen LogP contribution in [0.5, 0.6) is 0 Å². The molecule has 2 saturated heterocycles. The van der Waals surface area contributed by atoms with Crippen molar-refractivity contribution in [3.63, 3.8) is 0 Å². The van der Waals surface area contributed by atoms with E-state index in [0.29, 0.717) is 18.6 Å². The molecule has 98 valence electrons. The molecule has 7 heteroatoms. The number of ether oxygens (including phenoxy) is 3. The second kappa shape index (κ2) is 5.45. The average Bonchev–Trinajstić information content (AvgIpc) is 2.65. The van der Waals surface area contributed by atoms with Crippen LogP contribution < -0.4 is 0 Å². The summed E-state index contributed by atoms with van der Waals surface area (Å²) in [6.07, 6.45) is 2.13. The van der Waals surface area contributed by atoms with E-state index in [2.05, 4.69) is 4.74 Å². The van der Waals surface area contributed by atoms with Gasteiger partial charge in [0.15, 0.2) is 19.1 Å². The monoisotopic (exact) mass is 271 g/mol. The highest BCUT2D eigenvalue weighted by Gasteiger charge is 2.54. The van der Waals surface area contributed by atoms with Gasteiger partial charge in [0, 0.05) is 7.11 Å². The third-order valence-corrected chi connectivity index (χ3v) is 2.92. The number of methoxy groups -OCH3 is 1. The summed E-state index contributed by atoms with van der Waals surface area (Å²) in [6, 6.07) is -0.804. The summed E-state index contributed by atoms with van der Waals surface area (Å²) in [5.41, 5.74) is 0. The van der Waals surface area contributed by atoms with Gasteiger partial charge >= 0.3 is 5.97 Å². The highest BCUT2D eigenvalue weighted by Crippen LogP contribution is 2.36. The highest BCUT2D eigenvalue weighted by atomic mass is 32.1. The van der Waals surface area contributed by atoms with Gasteiger partial charge in [0.1, 0.15) is 5.76 Å². The molecule has 6 nitrogen and oxygen atoms in total. The number of amides is 1. The Bertz CT molecular complexity index is 408. The first kappa shape index (κ1) is 13.0. The lowest BCUT2D eigenvalue weighted by atomic mass is 10.1. The summed E-state index contributed by atoms with van der Waals surface area (Å²) >= 11 is 4.72. The smallest absolute Gasteiger partial charge is 0.339 e. The number of fused-ring (bicyclic) bond motifs is 1. The van der Waals surface area contributed by atoms with Crippen LogP contribution >= 0.6 is 12.2 Å². The minimum absolute atomic E-state index is 0.120. The molecule has 2 atom stereocenters. The predicted octanol–water partition coefficient (Wildman–Crippen LogP) is 0.364. The third kappa shape index (κ3) is 2.23. The van der Waals surface area contributed by atoms with Gasteiger partial charge in [-0.25, -0.2) is 4.79 Å². The Morgan fingerprint density at radius 1 is 1.67 bits per heavy atom. The second-order valence-corrected chi connectivity index (χ2v) is 4.19. The number of carbonyl (C=O) groups excluding carboxylic acids is 2. The summed E-state index contributed by atoms with van der Waals surface area (Å²) in [4.78, 5) is 24.7. The second-order valence-electron chi connectivity index (χ2n) is 3.86. The van der Waals surface area contributed by atoms with Gasteiger partial charge < -0.3 is 14.2 Å².